The molecule has 38 heavy (non-hydrogen) atoms. The van der Waals surface area contributed by atoms with Crippen LogP contribution in [0.4, 0.5) is 10.5 Å². The molecule has 0 spiro atoms. The molecule has 0 saturated carbocycles. The quantitative estimate of drug-likeness (QED) is 0.436. The van der Waals surface area contributed by atoms with Crippen molar-refractivity contribution in [3.8, 4) is 5.75 Å². The average Bonchev–Trinajstić information content (AvgIpc) is 2.89. The van der Waals surface area contributed by atoms with Gasteiger partial charge >= 0.3 is 6.09 Å². The number of alkyl carbamates (subject to hydrolysis) is 1. The highest BCUT2D eigenvalue weighted by Gasteiger charge is 2.37. The largest absolute Gasteiger partial charge is 0.497 e. The molecule has 1 heterocycles. The number of rotatable bonds is 10. The zero-order valence-electron chi connectivity index (χ0n) is 23.6. The molecule has 0 bridgehead atoms. The lowest BCUT2D eigenvalue weighted by molar-refractivity contribution is -0.171. The van der Waals surface area contributed by atoms with Gasteiger partial charge in [-0.1, -0.05) is 44.2 Å². The van der Waals surface area contributed by atoms with Gasteiger partial charge in [-0.05, 0) is 62.9 Å². The number of anilines is 1. The number of carbonyl (C=O) groups excluding carboxylic acids is 2. The van der Waals surface area contributed by atoms with E-state index in [0.717, 1.165) is 17.0 Å². The van der Waals surface area contributed by atoms with Crippen molar-refractivity contribution in [2.24, 2.45) is 11.8 Å². The van der Waals surface area contributed by atoms with Crippen LogP contribution < -0.4 is 15.0 Å². The van der Waals surface area contributed by atoms with Crippen LogP contribution in [0.15, 0.2) is 54.6 Å². The molecule has 2 aromatic carbocycles. The number of carbonyl (C=O) groups is 2. The van der Waals surface area contributed by atoms with Gasteiger partial charge in [0.05, 0.1) is 13.7 Å². The molecule has 2 aromatic rings. The fourth-order valence-electron chi connectivity index (χ4n) is 4.47. The molecule has 1 aliphatic rings. The van der Waals surface area contributed by atoms with Crippen molar-refractivity contribution in [1.29, 1.82) is 0 Å². The zero-order chi connectivity index (χ0) is 27.7. The Morgan fingerprint density at radius 3 is 2.13 bits per heavy atom. The Hall–Kier alpha value is -3.26. The second kappa shape index (κ2) is 13.5. The van der Waals surface area contributed by atoms with Crippen LogP contribution in [0.3, 0.4) is 0 Å². The van der Waals surface area contributed by atoms with E-state index in [1.54, 1.807) is 7.11 Å². The third kappa shape index (κ3) is 8.94. The van der Waals surface area contributed by atoms with Crippen LogP contribution in [0.2, 0.25) is 0 Å². The highest BCUT2D eigenvalue weighted by molar-refractivity contribution is 5.80. The third-order valence-electron chi connectivity index (χ3n) is 6.36. The molecule has 1 saturated heterocycles. The van der Waals surface area contributed by atoms with Gasteiger partial charge in [-0.15, -0.1) is 0 Å². The van der Waals surface area contributed by atoms with E-state index in [1.165, 1.54) is 0 Å². The SMILES string of the molecule is COc1ccc(N2CCN(C(=O)[C@@H](CC(C)C)C(OCc3ccccc3)OC(=O)NC(C)(C)C)CC2)cc1. The first kappa shape index (κ1) is 29.3. The second-order valence-corrected chi connectivity index (χ2v) is 11.2. The van der Waals surface area contributed by atoms with E-state index in [2.05, 4.69) is 24.1 Å². The Kier molecular flexibility index (Phi) is 10.4. The fourth-order valence-corrected chi connectivity index (χ4v) is 4.47. The summed E-state index contributed by atoms with van der Waals surface area (Å²) in [6.07, 6.45) is -1.06. The van der Waals surface area contributed by atoms with Crippen LogP contribution >= 0.6 is 0 Å². The normalized spacial score (nSPS) is 15.7. The molecule has 2 atom stereocenters. The van der Waals surface area contributed by atoms with Crippen molar-refractivity contribution in [3.63, 3.8) is 0 Å². The molecule has 1 aliphatic heterocycles. The van der Waals surface area contributed by atoms with E-state index in [1.807, 2.05) is 80.3 Å². The number of methoxy groups -OCH3 is 1. The molecule has 1 N–H and O–H groups in total. The molecule has 3 rings (SSSR count). The molecule has 2 amide bonds. The number of ether oxygens (including phenoxy) is 3. The number of nitrogens with one attached hydrogen (secondary N) is 1. The predicted molar refractivity (Wildman–Crippen MR) is 149 cm³/mol. The van der Waals surface area contributed by atoms with E-state index < -0.39 is 23.8 Å². The van der Waals surface area contributed by atoms with Crippen molar-refractivity contribution < 1.29 is 23.8 Å². The minimum Gasteiger partial charge on any atom is -0.497 e. The van der Waals surface area contributed by atoms with Crippen molar-refractivity contribution >= 4 is 17.7 Å². The maximum Gasteiger partial charge on any atom is 0.409 e. The lowest BCUT2D eigenvalue weighted by atomic mass is 9.94. The highest BCUT2D eigenvalue weighted by atomic mass is 16.7. The topological polar surface area (TPSA) is 80.3 Å². The van der Waals surface area contributed by atoms with Gasteiger partial charge in [-0.3, -0.25) is 4.79 Å². The summed E-state index contributed by atoms with van der Waals surface area (Å²) < 4.78 is 17.2. The average molecular weight is 526 g/mol. The third-order valence-corrected chi connectivity index (χ3v) is 6.36. The smallest absolute Gasteiger partial charge is 0.409 e. The van der Waals surface area contributed by atoms with Gasteiger partial charge in [0.15, 0.2) is 0 Å². The maximum absolute atomic E-state index is 13.9. The molecule has 1 unspecified atom stereocenters. The van der Waals surface area contributed by atoms with Crippen molar-refractivity contribution in [1.82, 2.24) is 10.2 Å². The van der Waals surface area contributed by atoms with Crippen LogP contribution in [0.1, 0.15) is 46.6 Å². The Morgan fingerprint density at radius 2 is 1.58 bits per heavy atom. The molecule has 8 nitrogen and oxygen atoms in total. The Bertz CT molecular complexity index is 1010. The van der Waals surface area contributed by atoms with E-state index in [0.29, 0.717) is 32.6 Å². The Balaban J connectivity index is 1.73. The summed E-state index contributed by atoms with van der Waals surface area (Å²) in [6.45, 7) is 12.6. The van der Waals surface area contributed by atoms with Crippen LogP contribution in [0.5, 0.6) is 5.75 Å². The van der Waals surface area contributed by atoms with Gasteiger partial charge in [0, 0.05) is 37.4 Å². The number of piperazine rings is 1. The lowest BCUT2D eigenvalue weighted by Gasteiger charge is -2.39. The lowest BCUT2D eigenvalue weighted by Crippen LogP contribution is -2.53. The van der Waals surface area contributed by atoms with Crippen LogP contribution in [0.25, 0.3) is 0 Å². The monoisotopic (exact) mass is 525 g/mol. The van der Waals surface area contributed by atoms with Gasteiger partial charge in [-0.2, -0.15) is 0 Å². The summed E-state index contributed by atoms with van der Waals surface area (Å²) in [5.41, 5.74) is 1.57. The van der Waals surface area contributed by atoms with E-state index in [9.17, 15) is 9.59 Å². The summed E-state index contributed by atoms with van der Waals surface area (Å²) in [7, 11) is 1.65. The fraction of sp³-hybridized carbons (Fsp3) is 0.533. The van der Waals surface area contributed by atoms with Crippen LogP contribution in [0, 0.1) is 11.8 Å². The van der Waals surface area contributed by atoms with Gasteiger partial charge in [0.1, 0.15) is 11.7 Å². The highest BCUT2D eigenvalue weighted by Crippen LogP contribution is 2.26. The standard InChI is InChI=1S/C30H43N3O5/c1-22(2)20-26(27(34)33-18-16-32(17-19-33)24-12-14-25(36-6)15-13-24)28(38-29(35)31-30(3,4)5)37-21-23-10-8-7-9-11-23/h7-15,22,26,28H,16-21H2,1-6H3,(H,31,35)/t26-,28?/m1/s1. The molecule has 1 fully saturated rings. The van der Waals surface area contributed by atoms with Crippen molar-refractivity contribution in [2.75, 3.05) is 38.2 Å². The molecule has 0 aliphatic carbocycles. The van der Waals surface area contributed by atoms with E-state index >= 15 is 0 Å². The predicted octanol–water partition coefficient (Wildman–Crippen LogP) is 5.07. The van der Waals surface area contributed by atoms with Gasteiger partial charge < -0.3 is 29.3 Å². The van der Waals surface area contributed by atoms with E-state index in [-0.39, 0.29) is 18.4 Å². The van der Waals surface area contributed by atoms with Gasteiger partial charge in [0.2, 0.25) is 12.2 Å². The first-order valence-corrected chi connectivity index (χ1v) is 13.4. The Labute approximate surface area is 227 Å². The maximum atomic E-state index is 13.9. The molecule has 208 valence electrons. The summed E-state index contributed by atoms with van der Waals surface area (Å²) in [5, 5.41) is 2.82. The summed E-state index contributed by atoms with van der Waals surface area (Å²) in [5.74, 6) is 0.365. The molecule has 0 aromatic heterocycles. The molecular weight excluding hydrogens is 482 g/mol. The van der Waals surface area contributed by atoms with E-state index in [4.69, 9.17) is 14.2 Å². The summed E-state index contributed by atoms with van der Waals surface area (Å²) in [6, 6.07) is 17.7. The zero-order valence-corrected chi connectivity index (χ0v) is 23.6. The second-order valence-electron chi connectivity index (χ2n) is 11.2. The van der Waals surface area contributed by atoms with Crippen molar-refractivity contribution in [3.05, 3.63) is 60.2 Å². The van der Waals surface area contributed by atoms with Crippen LogP contribution in [-0.2, 0) is 20.9 Å². The number of hydrogen-bond acceptors (Lipinski definition) is 6. The first-order valence-electron chi connectivity index (χ1n) is 13.4. The molecule has 0 radical (unpaired) electrons. The van der Waals surface area contributed by atoms with Gasteiger partial charge in [-0.25, -0.2) is 4.79 Å². The number of hydrogen-bond donors (Lipinski definition) is 1. The summed E-state index contributed by atoms with van der Waals surface area (Å²) >= 11 is 0. The Morgan fingerprint density at radius 1 is 0.947 bits per heavy atom. The summed E-state index contributed by atoms with van der Waals surface area (Å²) in [4.78, 5) is 30.8. The minimum atomic E-state index is -1.01. The number of nitrogens with zero attached hydrogens (tertiary/aromatic N) is 2. The van der Waals surface area contributed by atoms with Gasteiger partial charge in [0.25, 0.3) is 0 Å². The minimum absolute atomic E-state index is 0.0466. The van der Waals surface area contributed by atoms with Crippen molar-refractivity contribution in [2.45, 2.75) is 59.5 Å². The molecular formula is C30H43N3O5. The number of amides is 2. The first-order chi connectivity index (χ1) is 18.1. The van der Waals surface area contributed by atoms with Crippen LogP contribution in [-0.4, -0.2) is 62.0 Å². The number of benzene rings is 2. The molecule has 8 heteroatoms.